The van der Waals surface area contributed by atoms with Gasteiger partial charge in [-0.25, -0.2) is 9.48 Å². The van der Waals surface area contributed by atoms with Crippen molar-refractivity contribution >= 4 is 5.97 Å². The van der Waals surface area contributed by atoms with E-state index in [1.807, 2.05) is 63.2 Å². The Balaban J connectivity index is 2.20. The zero-order valence-electron chi connectivity index (χ0n) is 13.4. The van der Waals surface area contributed by atoms with Gasteiger partial charge in [-0.15, -0.1) is 0 Å². The molecule has 4 nitrogen and oxygen atoms in total. The molecule has 0 saturated carbocycles. The van der Waals surface area contributed by atoms with Gasteiger partial charge in [0.25, 0.3) is 0 Å². The topological polar surface area (TPSA) is 55.1 Å². The molecule has 0 radical (unpaired) electrons. The van der Waals surface area contributed by atoms with Gasteiger partial charge in [0, 0.05) is 5.56 Å². The molecular weight excluding hydrogens is 288 g/mol. The van der Waals surface area contributed by atoms with Gasteiger partial charge in [0.2, 0.25) is 0 Å². The highest BCUT2D eigenvalue weighted by molar-refractivity contribution is 5.88. The number of aromatic carboxylic acids is 1. The molecule has 2 aromatic carbocycles. The van der Waals surface area contributed by atoms with Gasteiger partial charge in [0.05, 0.1) is 11.4 Å². The lowest BCUT2D eigenvalue weighted by atomic mass is 10.0. The Morgan fingerprint density at radius 3 is 2.43 bits per heavy atom. The predicted octanol–water partition coefficient (Wildman–Crippen LogP) is 4.16. The van der Waals surface area contributed by atoms with E-state index in [1.54, 1.807) is 6.07 Å². The maximum atomic E-state index is 11.6. The Bertz CT molecular complexity index is 894. The fourth-order valence-corrected chi connectivity index (χ4v) is 2.63. The minimum atomic E-state index is -0.990. The Morgan fingerprint density at radius 1 is 1.00 bits per heavy atom. The van der Waals surface area contributed by atoms with Gasteiger partial charge < -0.3 is 5.11 Å². The highest BCUT2D eigenvalue weighted by atomic mass is 16.4. The normalized spacial score (nSPS) is 10.7. The van der Waals surface area contributed by atoms with Crippen LogP contribution in [-0.4, -0.2) is 20.9 Å². The molecule has 0 aliphatic rings. The Hall–Kier alpha value is -2.88. The summed E-state index contributed by atoms with van der Waals surface area (Å²) in [6, 6.07) is 15.4. The minimum Gasteiger partial charge on any atom is -0.477 e. The number of carboxylic acid groups (broad SMARTS) is 1. The summed E-state index contributed by atoms with van der Waals surface area (Å²) in [6.45, 7) is 5.98. The molecule has 0 fully saturated rings. The second-order valence-electron chi connectivity index (χ2n) is 5.79. The summed E-state index contributed by atoms with van der Waals surface area (Å²) in [6.07, 6.45) is 0. The Morgan fingerprint density at radius 2 is 1.74 bits per heavy atom. The van der Waals surface area contributed by atoms with E-state index in [0.717, 1.165) is 27.9 Å². The first-order chi connectivity index (χ1) is 11.0. The number of benzene rings is 2. The first kappa shape index (κ1) is 15.0. The molecule has 116 valence electrons. The first-order valence-electron chi connectivity index (χ1n) is 7.44. The summed E-state index contributed by atoms with van der Waals surface area (Å²) in [7, 11) is 0. The molecule has 0 saturated heterocycles. The van der Waals surface area contributed by atoms with Gasteiger partial charge in [0.15, 0.2) is 5.69 Å². The van der Waals surface area contributed by atoms with Gasteiger partial charge in [-0.05, 0) is 56.2 Å². The van der Waals surface area contributed by atoms with Crippen molar-refractivity contribution in [3.63, 3.8) is 0 Å². The zero-order chi connectivity index (χ0) is 16.6. The van der Waals surface area contributed by atoms with Crippen LogP contribution in [0.2, 0.25) is 0 Å². The quantitative estimate of drug-likeness (QED) is 0.790. The van der Waals surface area contributed by atoms with Crippen LogP contribution < -0.4 is 0 Å². The number of aryl methyl sites for hydroxylation is 3. The molecule has 23 heavy (non-hydrogen) atoms. The third-order valence-corrected chi connectivity index (χ3v) is 3.84. The molecule has 0 aliphatic heterocycles. The number of nitrogens with zero attached hydrogens (tertiary/aromatic N) is 2. The van der Waals surface area contributed by atoms with E-state index in [0.29, 0.717) is 5.69 Å². The van der Waals surface area contributed by atoms with Crippen molar-refractivity contribution in [1.82, 2.24) is 9.78 Å². The lowest BCUT2D eigenvalue weighted by Gasteiger charge is -2.06. The molecule has 0 aliphatic carbocycles. The number of carboxylic acids is 1. The van der Waals surface area contributed by atoms with Crippen molar-refractivity contribution in [3.05, 3.63) is 70.9 Å². The SMILES string of the molecule is Cc1cccc(-n2nc(-c3cc(C)ccc3C)cc2C(=O)O)c1. The number of hydrogen-bond acceptors (Lipinski definition) is 2. The standard InChI is InChI=1S/C19H18N2O2/c1-12-5-4-6-15(9-12)21-18(19(22)23)11-17(20-21)16-10-13(2)7-8-14(16)3/h4-11H,1-3H3,(H,22,23). The number of carbonyl (C=O) groups is 1. The summed E-state index contributed by atoms with van der Waals surface area (Å²) < 4.78 is 1.49. The largest absolute Gasteiger partial charge is 0.477 e. The average Bonchev–Trinajstić information content (AvgIpc) is 2.95. The number of hydrogen-bond donors (Lipinski definition) is 1. The van der Waals surface area contributed by atoms with Crippen LogP contribution >= 0.6 is 0 Å². The van der Waals surface area contributed by atoms with Crippen molar-refractivity contribution in [2.45, 2.75) is 20.8 Å². The smallest absolute Gasteiger partial charge is 0.354 e. The predicted molar refractivity (Wildman–Crippen MR) is 90.2 cm³/mol. The van der Waals surface area contributed by atoms with Crippen LogP contribution in [0.3, 0.4) is 0 Å². The van der Waals surface area contributed by atoms with Crippen LogP contribution in [0.15, 0.2) is 48.5 Å². The van der Waals surface area contributed by atoms with Crippen LogP contribution in [0.5, 0.6) is 0 Å². The molecule has 3 aromatic rings. The molecule has 1 N–H and O–H groups in total. The summed E-state index contributed by atoms with van der Waals surface area (Å²) in [5.74, 6) is -0.990. The fourth-order valence-electron chi connectivity index (χ4n) is 2.63. The van der Waals surface area contributed by atoms with Gasteiger partial charge in [-0.3, -0.25) is 0 Å². The molecule has 0 amide bonds. The average molecular weight is 306 g/mol. The van der Waals surface area contributed by atoms with Crippen molar-refractivity contribution in [2.24, 2.45) is 0 Å². The van der Waals surface area contributed by atoms with Gasteiger partial charge in [0.1, 0.15) is 0 Å². The molecule has 0 bridgehead atoms. The van der Waals surface area contributed by atoms with Gasteiger partial charge in [-0.1, -0.05) is 29.8 Å². The van der Waals surface area contributed by atoms with E-state index in [4.69, 9.17) is 0 Å². The molecule has 4 heteroatoms. The third kappa shape index (κ3) is 2.88. The second-order valence-corrected chi connectivity index (χ2v) is 5.79. The van der Waals surface area contributed by atoms with Crippen molar-refractivity contribution in [1.29, 1.82) is 0 Å². The van der Waals surface area contributed by atoms with E-state index in [-0.39, 0.29) is 5.69 Å². The van der Waals surface area contributed by atoms with E-state index in [2.05, 4.69) is 5.10 Å². The van der Waals surface area contributed by atoms with Crippen LogP contribution in [0, 0.1) is 20.8 Å². The van der Waals surface area contributed by atoms with Crippen LogP contribution in [0.1, 0.15) is 27.2 Å². The van der Waals surface area contributed by atoms with Crippen LogP contribution in [0.25, 0.3) is 16.9 Å². The Labute approximate surface area is 135 Å². The summed E-state index contributed by atoms with van der Waals surface area (Å²) in [5.41, 5.74) is 5.78. The van der Waals surface area contributed by atoms with E-state index >= 15 is 0 Å². The van der Waals surface area contributed by atoms with E-state index < -0.39 is 5.97 Å². The Kier molecular flexibility index (Phi) is 3.74. The second kappa shape index (κ2) is 5.72. The molecular formula is C19H18N2O2. The molecule has 1 aromatic heterocycles. The maximum absolute atomic E-state index is 11.6. The third-order valence-electron chi connectivity index (χ3n) is 3.84. The highest BCUT2D eigenvalue weighted by Gasteiger charge is 2.17. The van der Waals surface area contributed by atoms with Crippen LogP contribution in [0.4, 0.5) is 0 Å². The monoisotopic (exact) mass is 306 g/mol. The zero-order valence-corrected chi connectivity index (χ0v) is 13.4. The number of aromatic nitrogens is 2. The summed E-state index contributed by atoms with van der Waals surface area (Å²) in [4.78, 5) is 11.6. The fraction of sp³-hybridized carbons (Fsp3) is 0.158. The molecule has 0 atom stereocenters. The maximum Gasteiger partial charge on any atom is 0.354 e. The molecule has 3 rings (SSSR count). The molecule has 0 unspecified atom stereocenters. The van der Waals surface area contributed by atoms with Crippen molar-refractivity contribution in [2.75, 3.05) is 0 Å². The first-order valence-corrected chi connectivity index (χ1v) is 7.44. The van der Waals surface area contributed by atoms with Crippen LogP contribution in [-0.2, 0) is 0 Å². The van der Waals surface area contributed by atoms with E-state index in [1.165, 1.54) is 4.68 Å². The van der Waals surface area contributed by atoms with Gasteiger partial charge >= 0.3 is 5.97 Å². The lowest BCUT2D eigenvalue weighted by molar-refractivity contribution is 0.0687. The lowest BCUT2D eigenvalue weighted by Crippen LogP contribution is -2.07. The highest BCUT2D eigenvalue weighted by Crippen LogP contribution is 2.26. The van der Waals surface area contributed by atoms with Gasteiger partial charge in [-0.2, -0.15) is 5.10 Å². The summed E-state index contributed by atoms with van der Waals surface area (Å²) in [5, 5.41) is 14.1. The minimum absolute atomic E-state index is 0.159. The molecule has 1 heterocycles. The van der Waals surface area contributed by atoms with Crippen molar-refractivity contribution < 1.29 is 9.90 Å². The number of rotatable bonds is 3. The van der Waals surface area contributed by atoms with E-state index in [9.17, 15) is 9.90 Å². The summed E-state index contributed by atoms with van der Waals surface area (Å²) >= 11 is 0. The van der Waals surface area contributed by atoms with Crippen molar-refractivity contribution in [3.8, 4) is 16.9 Å². The molecule has 0 spiro atoms.